The van der Waals surface area contributed by atoms with Crippen LogP contribution in [0, 0.1) is 17.7 Å². The number of hydrogen-bond acceptors (Lipinski definition) is 11. The lowest BCUT2D eigenvalue weighted by Gasteiger charge is -2.30. The summed E-state index contributed by atoms with van der Waals surface area (Å²) in [5.74, 6) is 0.551. The summed E-state index contributed by atoms with van der Waals surface area (Å²) in [6.07, 6.45) is 6.20. The molecule has 0 aliphatic carbocycles. The number of H-pyrrole nitrogens is 2. The molecule has 2 saturated heterocycles. The molecule has 5 atom stereocenters. The first-order valence-corrected chi connectivity index (χ1v) is 24.0. The fraction of sp³-hybridized carbons (Fsp3) is 0.449. The second-order valence-corrected chi connectivity index (χ2v) is 19.8. The topological polar surface area (TPSA) is 202 Å². The number of likely N-dealkylation sites (tertiary alicyclic amines) is 2. The van der Waals surface area contributed by atoms with Crippen molar-refractivity contribution in [3.63, 3.8) is 0 Å². The summed E-state index contributed by atoms with van der Waals surface area (Å²) >= 11 is 1.56. The number of alkyl carbamates (subject to hydrolysis) is 2. The number of amides is 4. The minimum atomic E-state index is -0.775. The van der Waals surface area contributed by atoms with Gasteiger partial charge in [-0.2, -0.15) is 54.0 Å². The number of methoxy groups -OCH3 is 2. The Morgan fingerprint density at radius 2 is 1.28 bits per heavy atom. The molecular weight excluding hydrogens is 1020 g/mol. The summed E-state index contributed by atoms with van der Waals surface area (Å²) in [6, 6.07) is 9.13. The van der Waals surface area contributed by atoms with Gasteiger partial charge in [0.2, 0.25) is 18.0 Å². The van der Waals surface area contributed by atoms with Crippen LogP contribution in [-0.4, -0.2) is 103 Å². The molecule has 72 heavy (non-hydrogen) atoms. The number of imidazole rings is 2. The second-order valence-electron chi connectivity index (χ2n) is 18.7. The van der Waals surface area contributed by atoms with Crippen molar-refractivity contribution in [1.29, 1.82) is 0 Å². The van der Waals surface area contributed by atoms with E-state index in [1.165, 1.54) is 20.3 Å². The highest BCUT2D eigenvalue weighted by molar-refractivity contribution is 7.59. The smallest absolute Gasteiger partial charge is 0.407 e. The lowest BCUT2D eigenvalue weighted by Crippen LogP contribution is -2.51. The van der Waals surface area contributed by atoms with Crippen LogP contribution in [0.4, 0.5) is 14.0 Å². The molecule has 2 fully saturated rings. The van der Waals surface area contributed by atoms with Gasteiger partial charge in [-0.25, -0.2) is 28.9 Å². The molecule has 0 saturated carbocycles. The molecule has 9 rings (SSSR count). The zero-order valence-electron chi connectivity index (χ0n) is 41.4. The average molecular weight is 1090 g/mol. The van der Waals surface area contributed by atoms with Crippen molar-refractivity contribution in [1.82, 2.24) is 49.9 Å². The Kier molecular flexibility index (Phi) is 18.9. The molecular formula is C49H65FN10O7S5. The molecule has 1 unspecified atom stereocenters. The minimum absolute atomic E-state index is 0. The van der Waals surface area contributed by atoms with Crippen molar-refractivity contribution >= 4 is 100 Å². The molecule has 0 spiro atoms. The van der Waals surface area contributed by atoms with Crippen molar-refractivity contribution in [3.05, 3.63) is 82.3 Å². The predicted octanol–water partition coefficient (Wildman–Crippen LogP) is 9.29. The van der Waals surface area contributed by atoms with Crippen LogP contribution in [0.1, 0.15) is 113 Å². The highest BCUT2D eigenvalue weighted by Crippen LogP contribution is 2.48. The van der Waals surface area contributed by atoms with Gasteiger partial charge in [-0.1, -0.05) is 47.6 Å². The largest absolute Gasteiger partial charge is 0.464 e. The lowest BCUT2D eigenvalue weighted by atomic mass is 10.0. The molecule has 0 bridgehead atoms. The normalized spacial score (nSPS) is 17.7. The van der Waals surface area contributed by atoms with Gasteiger partial charge >= 0.3 is 12.2 Å². The van der Waals surface area contributed by atoms with Crippen molar-refractivity contribution in [2.75, 3.05) is 27.3 Å². The molecule has 4 N–H and O–H groups in total. The second kappa shape index (κ2) is 23.7. The number of ether oxygens (including phenoxy) is 3. The number of thiazole rings is 1. The number of benzene rings is 2. The van der Waals surface area contributed by atoms with Gasteiger partial charge in [0.25, 0.3) is 0 Å². The van der Waals surface area contributed by atoms with Crippen LogP contribution >= 0.6 is 65.3 Å². The van der Waals surface area contributed by atoms with E-state index in [9.17, 15) is 19.2 Å². The molecule has 3 aliphatic rings. The van der Waals surface area contributed by atoms with Gasteiger partial charge in [0, 0.05) is 41.7 Å². The standard InChI is InChI=1S/C49H57FN10O7S.4H2S/c1-24(2)40(56-48(63)65-7)45(61)58-15-9-11-34(58)42-51-21-31(54-42)27-13-14-33-29(17-27)19-36-39-30(50)18-28(20-37(39)67-47(60(33)36)38-23-53-44(68-38)26(5)6)32-22-52-43(55-32)35-12-10-16-59(35)46(62)41(25(3)4)57-49(64)66-8;;;;/h13-14,17-26,34-35,40-41,47H,9-12,15-16H2,1-8H3,(H,51,54)(H,52,55)(H,56,63)(H,57,64);4*1H2/t34-,35-,40-,41-,47?;;;;/m0..../s1. The zero-order chi connectivity index (χ0) is 48.1. The molecule has 3 aliphatic heterocycles. The van der Waals surface area contributed by atoms with Gasteiger partial charge in [-0.3, -0.25) is 14.2 Å². The lowest BCUT2D eigenvalue weighted by molar-refractivity contribution is -0.136. The van der Waals surface area contributed by atoms with Crippen molar-refractivity contribution in [3.8, 4) is 39.5 Å². The Hall–Kier alpha value is -5.36. The van der Waals surface area contributed by atoms with Gasteiger partial charge in [0.1, 0.15) is 35.3 Å². The first kappa shape index (κ1) is 57.5. The third-order valence-electron chi connectivity index (χ3n) is 13.2. The van der Waals surface area contributed by atoms with Crippen LogP contribution in [0.25, 0.3) is 44.7 Å². The van der Waals surface area contributed by atoms with Crippen LogP contribution in [-0.2, 0) is 19.1 Å². The van der Waals surface area contributed by atoms with E-state index in [0.29, 0.717) is 59.4 Å². The summed E-state index contributed by atoms with van der Waals surface area (Å²) in [5, 5.41) is 7.20. The predicted molar refractivity (Wildman–Crippen MR) is 295 cm³/mol. The zero-order valence-corrected chi connectivity index (χ0v) is 46.2. The first-order valence-electron chi connectivity index (χ1n) is 23.2. The highest BCUT2D eigenvalue weighted by Gasteiger charge is 2.40. The van der Waals surface area contributed by atoms with E-state index in [2.05, 4.69) is 34.4 Å². The van der Waals surface area contributed by atoms with Crippen molar-refractivity contribution in [2.24, 2.45) is 11.8 Å². The van der Waals surface area contributed by atoms with E-state index >= 15 is 4.39 Å². The Morgan fingerprint density at radius 1 is 0.736 bits per heavy atom. The molecule has 17 nitrogen and oxygen atoms in total. The monoisotopic (exact) mass is 1080 g/mol. The Labute approximate surface area is 449 Å². The maximum absolute atomic E-state index is 16.9. The number of hydrogen-bond donors (Lipinski definition) is 4. The third-order valence-corrected chi connectivity index (χ3v) is 14.5. The van der Waals surface area contributed by atoms with E-state index in [1.807, 2.05) is 68.8 Å². The molecule has 6 aromatic rings. The van der Waals surface area contributed by atoms with E-state index in [-0.39, 0.29) is 95.6 Å². The minimum Gasteiger partial charge on any atom is -0.464 e. The SMILES string of the molecule is COC(=O)N[C@H](C(=O)N1CCC[C@H]1c1ncc(-c2cc(F)c3c(c2)OC(c2cnc(C(C)C)s2)n2c-3cc3cc(-c4cnc([C@@H]5CCCN5C(=O)[C@@H](NC(=O)OC)C(C)C)[nH]4)ccc32)[nH]1)C(C)C.S.S.S.S. The van der Waals surface area contributed by atoms with Gasteiger partial charge in [0.15, 0.2) is 0 Å². The first-order chi connectivity index (χ1) is 32.6. The van der Waals surface area contributed by atoms with Gasteiger partial charge < -0.3 is 44.6 Å². The maximum atomic E-state index is 16.9. The number of carbonyl (C=O) groups is 4. The van der Waals surface area contributed by atoms with E-state index in [0.717, 1.165) is 51.3 Å². The van der Waals surface area contributed by atoms with Crippen LogP contribution in [0.2, 0.25) is 0 Å². The fourth-order valence-corrected chi connectivity index (χ4v) is 10.6. The summed E-state index contributed by atoms with van der Waals surface area (Å²) < 4.78 is 35.3. The summed E-state index contributed by atoms with van der Waals surface area (Å²) in [5.41, 5.74) is 4.49. The van der Waals surface area contributed by atoms with E-state index < -0.39 is 36.3 Å². The molecule has 23 heteroatoms. The molecule has 4 amide bonds. The van der Waals surface area contributed by atoms with Crippen molar-refractivity contribution in [2.45, 2.75) is 104 Å². The number of fused-ring (bicyclic) bond motifs is 5. The summed E-state index contributed by atoms with van der Waals surface area (Å²) in [7, 11) is 2.54. The number of aromatic nitrogens is 6. The van der Waals surface area contributed by atoms with Gasteiger partial charge in [-0.15, -0.1) is 11.3 Å². The van der Waals surface area contributed by atoms with E-state index in [4.69, 9.17) is 29.2 Å². The summed E-state index contributed by atoms with van der Waals surface area (Å²) in [4.78, 5) is 77.3. The molecule has 0 radical (unpaired) electrons. The molecule has 2 aromatic carbocycles. The number of carbonyl (C=O) groups excluding carboxylic acids is 4. The highest BCUT2D eigenvalue weighted by atomic mass is 32.1. The van der Waals surface area contributed by atoms with Gasteiger partial charge in [0.05, 0.1) is 76.7 Å². The fourth-order valence-electron chi connectivity index (χ4n) is 9.66. The molecule has 7 heterocycles. The number of halogens is 1. The Morgan fingerprint density at radius 3 is 1.78 bits per heavy atom. The van der Waals surface area contributed by atoms with Crippen molar-refractivity contribution < 1.29 is 37.8 Å². The Balaban J connectivity index is 0.00000241. The number of rotatable bonds is 12. The summed E-state index contributed by atoms with van der Waals surface area (Å²) in [6.45, 7) is 12.7. The average Bonchev–Trinajstić information content (AvgIpc) is 4.18. The van der Waals surface area contributed by atoms with Gasteiger partial charge in [-0.05, 0) is 67.9 Å². The number of aromatic amines is 2. The van der Waals surface area contributed by atoms with Crippen LogP contribution in [0.3, 0.4) is 0 Å². The Bertz CT molecular complexity index is 2900. The van der Waals surface area contributed by atoms with E-state index in [1.54, 1.807) is 33.5 Å². The number of nitrogens with one attached hydrogen (secondary N) is 4. The van der Waals surface area contributed by atoms with Crippen LogP contribution in [0.5, 0.6) is 5.75 Å². The maximum Gasteiger partial charge on any atom is 0.407 e. The van der Waals surface area contributed by atoms with Crippen LogP contribution in [0.15, 0.2) is 55.0 Å². The third kappa shape index (κ3) is 10.9. The molecule has 4 aromatic heterocycles. The van der Waals surface area contributed by atoms with Crippen LogP contribution < -0.4 is 15.4 Å². The molecule has 390 valence electrons. The number of nitrogens with zero attached hydrogens (tertiary/aromatic N) is 6. The quantitative estimate of drug-likeness (QED) is 0.0915.